The van der Waals surface area contributed by atoms with E-state index in [1.807, 2.05) is 17.8 Å². The van der Waals surface area contributed by atoms with Crippen LogP contribution in [0.5, 0.6) is 0 Å². The molecule has 5 heteroatoms. The minimum absolute atomic E-state index is 0.0925. The summed E-state index contributed by atoms with van der Waals surface area (Å²) in [4.78, 5) is 0. The predicted octanol–water partition coefficient (Wildman–Crippen LogP) is 3.95. The number of aromatic nitrogens is 2. The van der Waals surface area contributed by atoms with Gasteiger partial charge in [-0.05, 0) is 36.6 Å². The van der Waals surface area contributed by atoms with Gasteiger partial charge in [-0.2, -0.15) is 5.10 Å². The lowest BCUT2D eigenvalue weighted by atomic mass is 9.98. The maximum Gasteiger partial charge on any atom is 0.0850 e. The van der Waals surface area contributed by atoms with Crippen molar-refractivity contribution in [3.8, 4) is 0 Å². The minimum atomic E-state index is -0.0925. The highest BCUT2D eigenvalue weighted by Gasteiger charge is 2.18. The van der Waals surface area contributed by atoms with Gasteiger partial charge in [0.15, 0.2) is 0 Å². The zero-order valence-corrected chi connectivity index (χ0v) is 14.3. The number of halogens is 2. The predicted molar refractivity (Wildman–Crippen MR) is 87.1 cm³/mol. The second-order valence-electron chi connectivity index (χ2n) is 5.00. The van der Waals surface area contributed by atoms with Crippen LogP contribution in [0.3, 0.4) is 0 Å². The lowest BCUT2D eigenvalue weighted by Crippen LogP contribution is -2.16. The average Bonchev–Trinajstić information content (AvgIpc) is 2.68. The summed E-state index contributed by atoms with van der Waals surface area (Å²) in [6, 6.07) is 6.08. The molecule has 1 unspecified atom stereocenters. The van der Waals surface area contributed by atoms with E-state index in [4.69, 9.17) is 17.3 Å². The second-order valence-corrected chi connectivity index (χ2v) is 6.29. The Morgan fingerprint density at radius 2 is 2.15 bits per heavy atom. The number of benzene rings is 1. The summed E-state index contributed by atoms with van der Waals surface area (Å²) in [5.74, 6) is 0. The van der Waals surface area contributed by atoms with Crippen LogP contribution >= 0.6 is 27.5 Å². The molecule has 2 N–H and O–H groups in total. The van der Waals surface area contributed by atoms with Crippen molar-refractivity contribution in [3.63, 3.8) is 0 Å². The molecule has 0 amide bonds. The highest BCUT2D eigenvalue weighted by Crippen LogP contribution is 2.27. The molecule has 1 aromatic heterocycles. The molecule has 0 bridgehead atoms. The lowest BCUT2D eigenvalue weighted by Gasteiger charge is -2.15. The van der Waals surface area contributed by atoms with Crippen LogP contribution < -0.4 is 5.73 Å². The Hall–Kier alpha value is -0.840. The van der Waals surface area contributed by atoms with Crippen molar-refractivity contribution >= 4 is 27.5 Å². The van der Waals surface area contributed by atoms with Crippen molar-refractivity contribution < 1.29 is 0 Å². The van der Waals surface area contributed by atoms with Gasteiger partial charge in [0.05, 0.1) is 16.4 Å². The van der Waals surface area contributed by atoms with Crippen molar-refractivity contribution in [2.45, 2.75) is 32.7 Å². The van der Waals surface area contributed by atoms with E-state index < -0.39 is 0 Å². The van der Waals surface area contributed by atoms with Gasteiger partial charge in [0, 0.05) is 24.0 Å². The van der Waals surface area contributed by atoms with E-state index in [-0.39, 0.29) is 6.04 Å². The number of hydrogen-bond acceptors (Lipinski definition) is 2. The Balaban J connectivity index is 2.30. The minimum Gasteiger partial charge on any atom is -0.324 e. The molecule has 0 radical (unpaired) electrons. The zero-order valence-electron chi connectivity index (χ0n) is 12.0. The van der Waals surface area contributed by atoms with Gasteiger partial charge in [0.1, 0.15) is 0 Å². The first-order valence-electron chi connectivity index (χ1n) is 6.65. The molecule has 0 aliphatic rings. The van der Waals surface area contributed by atoms with Gasteiger partial charge in [-0.1, -0.05) is 40.5 Å². The lowest BCUT2D eigenvalue weighted by molar-refractivity contribution is 0.636. The molecule has 1 atom stereocenters. The first-order chi connectivity index (χ1) is 9.43. The van der Waals surface area contributed by atoms with E-state index in [1.165, 1.54) is 5.56 Å². The largest absolute Gasteiger partial charge is 0.324 e. The second kappa shape index (κ2) is 6.29. The van der Waals surface area contributed by atoms with E-state index in [1.54, 1.807) is 0 Å². The first-order valence-corrected chi connectivity index (χ1v) is 7.83. The van der Waals surface area contributed by atoms with Crippen LogP contribution in [0.4, 0.5) is 0 Å². The van der Waals surface area contributed by atoms with Gasteiger partial charge >= 0.3 is 0 Å². The first kappa shape index (κ1) is 15.5. The molecule has 0 spiro atoms. The number of nitrogens with zero attached hydrogens (tertiary/aromatic N) is 2. The standard InChI is InChI=1S/C15H19BrClN3/c1-4-13-15(17)14(20(3)19-13)8-12(18)11-7-10(16)6-5-9(11)2/h5-7,12H,4,8,18H2,1-3H3. The van der Waals surface area contributed by atoms with Gasteiger partial charge in [0.2, 0.25) is 0 Å². The number of nitrogens with two attached hydrogens (primary N) is 1. The van der Waals surface area contributed by atoms with E-state index in [0.717, 1.165) is 32.9 Å². The van der Waals surface area contributed by atoms with Crippen LogP contribution in [0.1, 0.15) is 35.5 Å². The molecular weight excluding hydrogens is 338 g/mol. The molecule has 0 fully saturated rings. The van der Waals surface area contributed by atoms with Crippen molar-refractivity contribution in [1.82, 2.24) is 9.78 Å². The van der Waals surface area contributed by atoms with Crippen molar-refractivity contribution in [2.24, 2.45) is 12.8 Å². The third-order valence-corrected chi connectivity index (χ3v) is 4.49. The molecule has 0 saturated carbocycles. The Morgan fingerprint density at radius 1 is 1.45 bits per heavy atom. The van der Waals surface area contributed by atoms with Crippen LogP contribution in [0.15, 0.2) is 22.7 Å². The third kappa shape index (κ3) is 3.08. The summed E-state index contributed by atoms with van der Waals surface area (Å²) in [5.41, 5.74) is 10.6. The number of rotatable bonds is 4. The van der Waals surface area contributed by atoms with Crippen LogP contribution in [0.2, 0.25) is 5.02 Å². The fourth-order valence-corrected chi connectivity index (χ4v) is 3.12. The molecule has 3 nitrogen and oxygen atoms in total. The molecule has 20 heavy (non-hydrogen) atoms. The van der Waals surface area contributed by atoms with Gasteiger partial charge in [-0.15, -0.1) is 0 Å². The van der Waals surface area contributed by atoms with Gasteiger partial charge in [0.25, 0.3) is 0 Å². The average molecular weight is 357 g/mol. The zero-order chi connectivity index (χ0) is 14.9. The van der Waals surface area contributed by atoms with Crippen molar-refractivity contribution in [2.75, 3.05) is 0 Å². The monoisotopic (exact) mass is 355 g/mol. The van der Waals surface area contributed by atoms with Gasteiger partial charge < -0.3 is 5.73 Å². The van der Waals surface area contributed by atoms with E-state index in [0.29, 0.717) is 6.42 Å². The summed E-state index contributed by atoms with van der Waals surface area (Å²) >= 11 is 9.88. The molecular formula is C15H19BrClN3. The summed E-state index contributed by atoms with van der Waals surface area (Å²) in [6.45, 7) is 4.13. The van der Waals surface area contributed by atoms with Crippen LogP contribution in [-0.4, -0.2) is 9.78 Å². The normalized spacial score (nSPS) is 12.7. The topological polar surface area (TPSA) is 43.8 Å². The van der Waals surface area contributed by atoms with E-state index in [2.05, 4.69) is 47.0 Å². The highest BCUT2D eigenvalue weighted by atomic mass is 79.9. The molecule has 0 aliphatic heterocycles. The molecule has 1 heterocycles. The fourth-order valence-electron chi connectivity index (χ4n) is 2.37. The van der Waals surface area contributed by atoms with Crippen molar-refractivity contribution in [1.29, 1.82) is 0 Å². The number of hydrogen-bond donors (Lipinski definition) is 1. The molecule has 1 aromatic carbocycles. The molecule has 108 valence electrons. The van der Waals surface area contributed by atoms with Gasteiger partial charge in [-0.3, -0.25) is 4.68 Å². The van der Waals surface area contributed by atoms with E-state index >= 15 is 0 Å². The Labute approximate surface area is 133 Å². The summed E-state index contributed by atoms with van der Waals surface area (Å²) in [7, 11) is 1.92. The maximum absolute atomic E-state index is 6.38. The Bertz CT molecular complexity index is 622. The summed E-state index contributed by atoms with van der Waals surface area (Å²) < 4.78 is 2.88. The van der Waals surface area contributed by atoms with Crippen LogP contribution in [-0.2, 0) is 19.9 Å². The quantitative estimate of drug-likeness (QED) is 0.901. The van der Waals surface area contributed by atoms with E-state index in [9.17, 15) is 0 Å². The highest BCUT2D eigenvalue weighted by molar-refractivity contribution is 9.10. The van der Waals surface area contributed by atoms with Gasteiger partial charge in [-0.25, -0.2) is 0 Å². The molecule has 2 aromatic rings. The maximum atomic E-state index is 6.38. The third-order valence-electron chi connectivity index (χ3n) is 3.56. The van der Waals surface area contributed by atoms with Crippen LogP contribution in [0.25, 0.3) is 0 Å². The summed E-state index contributed by atoms with van der Waals surface area (Å²) in [5, 5.41) is 5.18. The molecule has 0 aliphatic carbocycles. The van der Waals surface area contributed by atoms with Crippen LogP contribution in [0, 0.1) is 6.92 Å². The smallest absolute Gasteiger partial charge is 0.0850 e. The SMILES string of the molecule is CCc1nn(C)c(CC(N)c2cc(Br)ccc2C)c1Cl. The fraction of sp³-hybridized carbons (Fsp3) is 0.400. The molecule has 0 saturated heterocycles. The molecule has 2 rings (SSSR count). The Kier molecular flexibility index (Phi) is 4.89. The van der Waals surface area contributed by atoms with Crippen molar-refractivity contribution in [3.05, 3.63) is 50.2 Å². The Morgan fingerprint density at radius 3 is 2.75 bits per heavy atom. The number of aryl methyl sites for hydroxylation is 3. The summed E-state index contributed by atoms with van der Waals surface area (Å²) in [6.07, 6.45) is 1.51.